The third kappa shape index (κ3) is 6.27. The molecule has 0 aromatic carbocycles. The fraction of sp³-hybridized carbons (Fsp3) is 0.667. The molecule has 2 rings (SSSR count). The van der Waals surface area contributed by atoms with Gasteiger partial charge in [0.15, 0.2) is 0 Å². The molecule has 1 fully saturated rings. The van der Waals surface area contributed by atoms with Gasteiger partial charge in [0.05, 0.1) is 6.54 Å². The highest BCUT2D eigenvalue weighted by molar-refractivity contribution is 7.46. The van der Waals surface area contributed by atoms with Gasteiger partial charge in [-0.25, -0.2) is 9.63 Å². The van der Waals surface area contributed by atoms with Crippen LogP contribution in [0, 0.1) is 5.92 Å². The number of phosphoric acid groups is 1. The maximum Gasteiger partial charge on any atom is 0.498 e. The van der Waals surface area contributed by atoms with Gasteiger partial charge in [0.25, 0.3) is 0 Å². The van der Waals surface area contributed by atoms with Crippen molar-refractivity contribution in [2.24, 2.45) is 5.92 Å². The first-order chi connectivity index (χ1) is 8.96. The van der Waals surface area contributed by atoms with Gasteiger partial charge in [-0.2, -0.15) is 0 Å². The van der Waals surface area contributed by atoms with Crippen molar-refractivity contribution < 1.29 is 35.0 Å². The van der Waals surface area contributed by atoms with Crippen molar-refractivity contribution >= 4 is 7.82 Å². The molecule has 1 aliphatic carbocycles. The van der Waals surface area contributed by atoms with Crippen LogP contribution in [0.2, 0.25) is 0 Å². The molecule has 124 valence electrons. The van der Waals surface area contributed by atoms with E-state index in [1.807, 2.05) is 19.1 Å². The van der Waals surface area contributed by atoms with Crippen molar-refractivity contribution in [3.63, 3.8) is 0 Å². The Morgan fingerprint density at radius 2 is 1.86 bits per heavy atom. The quantitative estimate of drug-likeness (QED) is 0.449. The summed E-state index contributed by atoms with van der Waals surface area (Å²) in [5.74, 6) is 0.373. The second-order valence-corrected chi connectivity index (χ2v) is 6.18. The molecule has 0 amide bonds. The molecule has 1 heterocycles. The van der Waals surface area contributed by atoms with E-state index in [1.165, 1.54) is 24.3 Å². The molecule has 0 radical (unpaired) electrons. The van der Waals surface area contributed by atoms with Crippen LogP contribution < -0.4 is 0 Å². The molecular weight excluding hydrogens is 301 g/mol. The standard InChI is InChI=1S/C12H20NO5P.2H2O/c1-10-7-8-13(17-18-19(14,15)16)12(9-10)11-5-3-2-4-6-11;;/h7,9,11H,2-6,8H2,1H3,(H2,14,15,16);2*1H2. The van der Waals surface area contributed by atoms with Crippen LogP contribution in [0.4, 0.5) is 0 Å². The van der Waals surface area contributed by atoms with Crippen LogP contribution in [0.3, 0.4) is 0 Å². The summed E-state index contributed by atoms with van der Waals surface area (Å²) in [6.07, 6.45) is 9.69. The van der Waals surface area contributed by atoms with Gasteiger partial charge in [0.2, 0.25) is 0 Å². The Balaban J connectivity index is 0.00000200. The first kappa shape index (κ1) is 20.3. The van der Waals surface area contributed by atoms with Crippen molar-refractivity contribution in [2.45, 2.75) is 39.0 Å². The molecule has 0 saturated heterocycles. The van der Waals surface area contributed by atoms with Crippen LogP contribution in [0.1, 0.15) is 39.0 Å². The maximum atomic E-state index is 10.7. The smallest absolute Gasteiger partial charge is 0.412 e. The van der Waals surface area contributed by atoms with Gasteiger partial charge >= 0.3 is 7.82 Å². The minimum absolute atomic E-state index is 0. The maximum absolute atomic E-state index is 10.7. The van der Waals surface area contributed by atoms with E-state index in [2.05, 4.69) is 4.67 Å². The molecule has 0 aromatic heterocycles. The summed E-state index contributed by atoms with van der Waals surface area (Å²) >= 11 is 0. The first-order valence-corrected chi connectivity index (χ1v) is 8.06. The monoisotopic (exact) mass is 325 g/mol. The van der Waals surface area contributed by atoms with Crippen molar-refractivity contribution in [2.75, 3.05) is 6.54 Å². The summed E-state index contributed by atoms with van der Waals surface area (Å²) in [6.45, 7) is 2.44. The predicted molar refractivity (Wildman–Crippen MR) is 76.6 cm³/mol. The van der Waals surface area contributed by atoms with E-state index in [4.69, 9.17) is 14.8 Å². The number of rotatable bonds is 4. The number of nitrogens with zero attached hydrogens (tertiary/aromatic N) is 1. The molecule has 0 spiro atoms. The predicted octanol–water partition coefficient (Wildman–Crippen LogP) is 1.02. The first-order valence-electron chi connectivity index (χ1n) is 6.53. The number of hydrogen-bond acceptors (Lipinski definition) is 4. The molecule has 6 N–H and O–H groups in total. The number of allylic oxidation sites excluding steroid dienone is 3. The van der Waals surface area contributed by atoms with E-state index in [0.29, 0.717) is 12.5 Å². The van der Waals surface area contributed by atoms with Crippen molar-refractivity contribution in [1.82, 2.24) is 5.06 Å². The number of hydrogen-bond donors (Lipinski definition) is 2. The molecule has 0 aromatic rings. The Hall–Kier alpha value is -0.730. The molecule has 8 nitrogen and oxygen atoms in total. The second kappa shape index (κ2) is 8.65. The van der Waals surface area contributed by atoms with E-state index in [9.17, 15) is 4.57 Å². The lowest BCUT2D eigenvalue weighted by atomic mass is 9.85. The van der Waals surface area contributed by atoms with Crippen molar-refractivity contribution in [1.29, 1.82) is 0 Å². The highest BCUT2D eigenvalue weighted by atomic mass is 31.2. The third-order valence-electron chi connectivity index (χ3n) is 3.49. The Kier molecular flexibility index (Phi) is 8.35. The van der Waals surface area contributed by atoms with Gasteiger partial charge in [-0.3, -0.25) is 0 Å². The molecule has 9 heteroatoms. The Bertz CT molecular complexity index is 425. The van der Waals surface area contributed by atoms with Crippen LogP contribution in [-0.4, -0.2) is 32.3 Å². The molecule has 0 bridgehead atoms. The SMILES string of the molecule is CC1=CCN(OOP(=O)(O)O)C(C2CCCCC2)=C1.O.O. The Labute approximate surface area is 123 Å². The largest absolute Gasteiger partial charge is 0.498 e. The van der Waals surface area contributed by atoms with E-state index in [0.717, 1.165) is 24.1 Å². The fourth-order valence-electron chi connectivity index (χ4n) is 2.57. The Morgan fingerprint density at radius 1 is 1.24 bits per heavy atom. The highest BCUT2D eigenvalue weighted by Crippen LogP contribution is 2.39. The summed E-state index contributed by atoms with van der Waals surface area (Å²) in [7, 11) is -4.63. The fourth-order valence-corrected chi connectivity index (χ4v) is 2.74. The lowest BCUT2D eigenvalue weighted by Crippen LogP contribution is -2.31. The van der Waals surface area contributed by atoms with Crippen LogP contribution in [0.5, 0.6) is 0 Å². The van der Waals surface area contributed by atoms with E-state index >= 15 is 0 Å². The van der Waals surface area contributed by atoms with Gasteiger partial charge in [-0.15, -0.1) is 9.66 Å². The van der Waals surface area contributed by atoms with Crippen molar-refractivity contribution in [3.05, 3.63) is 23.4 Å². The topological polar surface area (TPSA) is 142 Å². The van der Waals surface area contributed by atoms with E-state index in [-0.39, 0.29) is 11.0 Å². The normalized spacial score (nSPS) is 20.0. The molecular formula is C12H24NO7P. The summed E-state index contributed by atoms with van der Waals surface area (Å²) in [4.78, 5) is 22.2. The number of hydroxylamine groups is 2. The lowest BCUT2D eigenvalue weighted by Gasteiger charge is -2.33. The summed E-state index contributed by atoms with van der Waals surface area (Å²) in [5.41, 5.74) is 2.09. The zero-order chi connectivity index (χ0) is 13.9. The summed E-state index contributed by atoms with van der Waals surface area (Å²) in [6, 6.07) is 0. The van der Waals surface area contributed by atoms with Gasteiger partial charge in [0, 0.05) is 11.6 Å². The zero-order valence-corrected chi connectivity index (χ0v) is 12.9. The van der Waals surface area contributed by atoms with Crippen LogP contribution in [-0.2, 0) is 14.2 Å². The third-order valence-corrected chi connectivity index (χ3v) is 3.75. The average Bonchev–Trinajstić information content (AvgIpc) is 2.37. The zero-order valence-electron chi connectivity index (χ0n) is 12.0. The van der Waals surface area contributed by atoms with Gasteiger partial charge < -0.3 is 20.7 Å². The van der Waals surface area contributed by atoms with Gasteiger partial charge in [-0.05, 0) is 25.8 Å². The molecule has 0 unspecified atom stereocenters. The molecule has 21 heavy (non-hydrogen) atoms. The van der Waals surface area contributed by atoms with Crippen LogP contribution in [0.15, 0.2) is 23.4 Å². The van der Waals surface area contributed by atoms with Crippen LogP contribution >= 0.6 is 7.82 Å². The highest BCUT2D eigenvalue weighted by Gasteiger charge is 2.27. The molecule has 2 aliphatic rings. The average molecular weight is 325 g/mol. The molecule has 1 saturated carbocycles. The van der Waals surface area contributed by atoms with Crippen molar-refractivity contribution in [3.8, 4) is 0 Å². The van der Waals surface area contributed by atoms with E-state index < -0.39 is 7.82 Å². The lowest BCUT2D eigenvalue weighted by molar-refractivity contribution is -0.362. The minimum Gasteiger partial charge on any atom is -0.412 e. The van der Waals surface area contributed by atoms with Crippen LogP contribution in [0.25, 0.3) is 0 Å². The summed E-state index contributed by atoms with van der Waals surface area (Å²) in [5, 5.41) is 1.43. The molecule has 1 aliphatic heterocycles. The summed E-state index contributed by atoms with van der Waals surface area (Å²) < 4.78 is 14.9. The minimum atomic E-state index is -4.63. The Morgan fingerprint density at radius 3 is 2.43 bits per heavy atom. The van der Waals surface area contributed by atoms with E-state index in [1.54, 1.807) is 0 Å². The molecule has 0 atom stereocenters. The van der Waals surface area contributed by atoms with Gasteiger partial charge in [0.1, 0.15) is 0 Å². The van der Waals surface area contributed by atoms with Gasteiger partial charge in [-0.1, -0.05) is 30.9 Å². The second-order valence-electron chi connectivity index (χ2n) is 5.05.